The molecule has 0 bridgehead atoms. The van der Waals surface area contributed by atoms with Gasteiger partial charge in [0.2, 0.25) is 0 Å². The van der Waals surface area contributed by atoms with Crippen LogP contribution in [0.4, 0.5) is 0 Å². The fourth-order valence-electron chi connectivity index (χ4n) is 2.84. The zero-order valence-corrected chi connectivity index (χ0v) is 13.8. The fraction of sp³-hybridized carbons (Fsp3) is 0.143. The Labute approximate surface area is 142 Å². The molecule has 0 amide bonds. The second-order valence-corrected chi connectivity index (χ2v) is 5.57. The maximum absolute atomic E-state index is 9.58. The molecule has 0 unspecified atom stereocenters. The normalized spacial score (nSPS) is 10.6. The fourth-order valence-corrected chi connectivity index (χ4v) is 2.84. The van der Waals surface area contributed by atoms with Crippen LogP contribution in [-0.4, -0.2) is 19.3 Å². The second-order valence-electron chi connectivity index (χ2n) is 5.57. The van der Waals surface area contributed by atoms with Gasteiger partial charge in [-0.05, 0) is 53.1 Å². The molecular weight excluding hydrogens is 300 g/mol. The van der Waals surface area contributed by atoms with Gasteiger partial charge in [-0.3, -0.25) is 0 Å². The van der Waals surface area contributed by atoms with E-state index in [4.69, 9.17) is 9.47 Å². The van der Waals surface area contributed by atoms with E-state index in [9.17, 15) is 5.11 Å². The third-order valence-corrected chi connectivity index (χ3v) is 4.12. The highest BCUT2D eigenvalue weighted by atomic mass is 16.5. The van der Waals surface area contributed by atoms with Crippen LogP contribution in [-0.2, 0) is 0 Å². The highest BCUT2D eigenvalue weighted by Crippen LogP contribution is 2.34. The first kappa shape index (κ1) is 15.9. The zero-order valence-electron chi connectivity index (χ0n) is 13.8. The molecule has 0 spiro atoms. The summed E-state index contributed by atoms with van der Waals surface area (Å²) in [5, 5.41) is 9.58. The number of methoxy groups -OCH3 is 2. The number of benzene rings is 3. The lowest BCUT2D eigenvalue weighted by molar-refractivity contribution is 0.414. The summed E-state index contributed by atoms with van der Waals surface area (Å²) in [5.41, 5.74) is 3.43. The van der Waals surface area contributed by atoms with Crippen molar-refractivity contribution in [2.75, 3.05) is 14.2 Å². The lowest BCUT2D eigenvalue weighted by Gasteiger charge is -2.19. The van der Waals surface area contributed by atoms with Gasteiger partial charge in [0.05, 0.1) is 14.2 Å². The van der Waals surface area contributed by atoms with Crippen LogP contribution in [0.3, 0.4) is 0 Å². The summed E-state index contributed by atoms with van der Waals surface area (Å²) in [5.74, 6) is 2.00. The Morgan fingerprint density at radius 3 is 1.25 bits per heavy atom. The first-order valence-electron chi connectivity index (χ1n) is 7.78. The molecule has 24 heavy (non-hydrogen) atoms. The summed E-state index contributed by atoms with van der Waals surface area (Å²) < 4.78 is 10.5. The number of hydrogen-bond donors (Lipinski definition) is 1. The molecule has 0 radical (unpaired) electrons. The van der Waals surface area contributed by atoms with Crippen molar-refractivity contribution in [1.82, 2.24) is 0 Å². The first-order chi connectivity index (χ1) is 11.7. The third-order valence-electron chi connectivity index (χ3n) is 4.12. The molecule has 0 heterocycles. The standard InChI is InChI=1S/C21H20O3/c1-23-19-11-5-16(6-12-19)21(15-3-9-18(22)10-4-15)17-7-13-20(24-2)14-8-17/h3-14,21-22H,1-2H3. The van der Waals surface area contributed by atoms with E-state index in [0.29, 0.717) is 0 Å². The molecule has 0 aliphatic rings. The van der Waals surface area contributed by atoms with Crippen LogP contribution < -0.4 is 9.47 Å². The van der Waals surface area contributed by atoms with Crippen LogP contribution >= 0.6 is 0 Å². The Balaban J connectivity index is 2.06. The number of ether oxygens (including phenoxy) is 2. The van der Waals surface area contributed by atoms with Gasteiger partial charge >= 0.3 is 0 Å². The van der Waals surface area contributed by atoms with Gasteiger partial charge in [-0.15, -0.1) is 0 Å². The molecular formula is C21H20O3. The van der Waals surface area contributed by atoms with Crippen molar-refractivity contribution >= 4 is 0 Å². The maximum atomic E-state index is 9.58. The van der Waals surface area contributed by atoms with Crippen LogP contribution in [0.5, 0.6) is 17.2 Å². The van der Waals surface area contributed by atoms with E-state index in [1.807, 2.05) is 36.4 Å². The average Bonchev–Trinajstić information content (AvgIpc) is 2.64. The highest BCUT2D eigenvalue weighted by Gasteiger charge is 2.17. The Hall–Kier alpha value is -2.94. The monoisotopic (exact) mass is 320 g/mol. The van der Waals surface area contributed by atoms with Crippen molar-refractivity contribution in [3.8, 4) is 17.2 Å². The number of rotatable bonds is 5. The molecule has 3 nitrogen and oxygen atoms in total. The number of phenols is 1. The van der Waals surface area contributed by atoms with E-state index >= 15 is 0 Å². The van der Waals surface area contributed by atoms with E-state index in [0.717, 1.165) is 28.2 Å². The Morgan fingerprint density at radius 2 is 0.917 bits per heavy atom. The first-order valence-corrected chi connectivity index (χ1v) is 7.78. The quantitative estimate of drug-likeness (QED) is 0.699. The minimum atomic E-state index is 0.0717. The highest BCUT2D eigenvalue weighted by molar-refractivity contribution is 5.46. The Morgan fingerprint density at radius 1 is 0.583 bits per heavy atom. The average molecular weight is 320 g/mol. The smallest absolute Gasteiger partial charge is 0.118 e. The minimum Gasteiger partial charge on any atom is -0.508 e. The van der Waals surface area contributed by atoms with E-state index in [2.05, 4.69) is 24.3 Å². The van der Waals surface area contributed by atoms with Crippen molar-refractivity contribution in [2.45, 2.75) is 5.92 Å². The van der Waals surface area contributed by atoms with Crippen LogP contribution in [0.25, 0.3) is 0 Å². The summed E-state index contributed by atoms with van der Waals surface area (Å²) in [4.78, 5) is 0. The van der Waals surface area contributed by atoms with Gasteiger partial charge in [0.1, 0.15) is 17.2 Å². The van der Waals surface area contributed by atoms with E-state index in [-0.39, 0.29) is 11.7 Å². The van der Waals surface area contributed by atoms with Crippen molar-refractivity contribution < 1.29 is 14.6 Å². The Kier molecular flexibility index (Phi) is 4.71. The van der Waals surface area contributed by atoms with Crippen molar-refractivity contribution in [3.05, 3.63) is 89.5 Å². The van der Waals surface area contributed by atoms with Gasteiger partial charge < -0.3 is 14.6 Å². The molecule has 0 aliphatic heterocycles. The second kappa shape index (κ2) is 7.09. The lowest BCUT2D eigenvalue weighted by atomic mass is 9.85. The molecule has 122 valence electrons. The number of hydrogen-bond acceptors (Lipinski definition) is 3. The maximum Gasteiger partial charge on any atom is 0.118 e. The van der Waals surface area contributed by atoms with Gasteiger partial charge in [-0.1, -0.05) is 36.4 Å². The van der Waals surface area contributed by atoms with Crippen molar-refractivity contribution in [3.63, 3.8) is 0 Å². The van der Waals surface area contributed by atoms with Gasteiger partial charge in [0.15, 0.2) is 0 Å². The molecule has 3 aromatic rings. The molecule has 0 saturated heterocycles. The van der Waals surface area contributed by atoms with Crippen LogP contribution in [0.15, 0.2) is 72.8 Å². The van der Waals surface area contributed by atoms with Crippen molar-refractivity contribution in [2.24, 2.45) is 0 Å². The molecule has 0 atom stereocenters. The number of phenolic OH excluding ortho intramolecular Hbond substituents is 1. The van der Waals surface area contributed by atoms with E-state index < -0.39 is 0 Å². The summed E-state index contributed by atoms with van der Waals surface area (Å²) in [6.45, 7) is 0. The minimum absolute atomic E-state index is 0.0717. The molecule has 0 aliphatic carbocycles. The van der Waals surface area contributed by atoms with E-state index in [1.54, 1.807) is 26.4 Å². The lowest BCUT2D eigenvalue weighted by Crippen LogP contribution is -2.03. The molecule has 3 rings (SSSR count). The largest absolute Gasteiger partial charge is 0.508 e. The SMILES string of the molecule is COc1ccc(C(c2ccc(O)cc2)c2ccc(OC)cc2)cc1. The van der Waals surface area contributed by atoms with Crippen molar-refractivity contribution in [1.29, 1.82) is 0 Å². The number of aromatic hydroxyl groups is 1. The molecule has 0 saturated carbocycles. The molecule has 0 fully saturated rings. The van der Waals surface area contributed by atoms with Crippen LogP contribution in [0, 0.1) is 0 Å². The summed E-state index contributed by atoms with van der Waals surface area (Å²) in [6.07, 6.45) is 0. The third kappa shape index (κ3) is 3.35. The van der Waals surface area contributed by atoms with Gasteiger partial charge in [-0.25, -0.2) is 0 Å². The summed E-state index contributed by atoms with van der Waals surface area (Å²) in [6, 6.07) is 23.5. The van der Waals surface area contributed by atoms with Gasteiger partial charge in [0.25, 0.3) is 0 Å². The Bertz CT molecular complexity index is 727. The zero-order chi connectivity index (χ0) is 16.9. The predicted molar refractivity (Wildman–Crippen MR) is 95.0 cm³/mol. The van der Waals surface area contributed by atoms with Gasteiger partial charge in [-0.2, -0.15) is 0 Å². The topological polar surface area (TPSA) is 38.7 Å². The summed E-state index contributed by atoms with van der Waals surface area (Å²) in [7, 11) is 3.33. The van der Waals surface area contributed by atoms with Gasteiger partial charge in [0, 0.05) is 5.92 Å². The van der Waals surface area contributed by atoms with Crippen LogP contribution in [0.1, 0.15) is 22.6 Å². The summed E-state index contributed by atoms with van der Waals surface area (Å²) >= 11 is 0. The molecule has 3 aromatic carbocycles. The van der Waals surface area contributed by atoms with Crippen LogP contribution in [0.2, 0.25) is 0 Å². The predicted octanol–water partition coefficient (Wildman–Crippen LogP) is 4.59. The molecule has 3 heteroatoms. The molecule has 0 aromatic heterocycles. The van der Waals surface area contributed by atoms with E-state index in [1.165, 1.54) is 0 Å². The molecule has 1 N–H and O–H groups in total.